The topological polar surface area (TPSA) is 105 Å². The van der Waals surface area contributed by atoms with Crippen molar-refractivity contribution in [1.82, 2.24) is 10.2 Å². The fraction of sp³-hybridized carbons (Fsp3) is 0.769. The maximum Gasteiger partial charge on any atom is 0.332 e. The summed E-state index contributed by atoms with van der Waals surface area (Å²) in [7, 11) is 2.95. The van der Waals surface area contributed by atoms with E-state index in [4.69, 9.17) is 9.84 Å². The number of urea groups is 1. The summed E-state index contributed by atoms with van der Waals surface area (Å²) in [5.74, 6) is -1.27. The lowest BCUT2D eigenvalue weighted by Crippen LogP contribution is -2.41. The van der Waals surface area contributed by atoms with Gasteiger partial charge in [-0.25, -0.2) is 9.59 Å². The number of esters is 1. The van der Waals surface area contributed by atoms with Gasteiger partial charge in [0.25, 0.3) is 0 Å². The molecule has 2 atom stereocenters. The predicted molar refractivity (Wildman–Crippen MR) is 72.8 cm³/mol. The van der Waals surface area contributed by atoms with Crippen LogP contribution in [0.25, 0.3) is 0 Å². The standard InChI is InChI=1S/C13H22N2O6/c1-15(7-3-4-11(16)20-2)13(19)14-8-9-5-6-10(21-9)12(17)18/h9-10H,3-8H2,1-2H3,(H,14,19)(H,17,18). The second-order valence-corrected chi connectivity index (χ2v) is 4.95. The van der Waals surface area contributed by atoms with Crippen LogP contribution in [0.3, 0.4) is 0 Å². The maximum absolute atomic E-state index is 11.8. The number of carbonyl (C=O) groups is 3. The van der Waals surface area contributed by atoms with Gasteiger partial charge in [0.1, 0.15) is 0 Å². The van der Waals surface area contributed by atoms with Crippen LogP contribution in [-0.4, -0.2) is 67.4 Å². The van der Waals surface area contributed by atoms with Crippen LogP contribution in [0.2, 0.25) is 0 Å². The third-order valence-electron chi connectivity index (χ3n) is 3.31. The summed E-state index contributed by atoms with van der Waals surface area (Å²) in [6.07, 6.45) is 0.828. The molecule has 0 spiro atoms. The number of methoxy groups -OCH3 is 1. The van der Waals surface area contributed by atoms with Crippen molar-refractivity contribution in [1.29, 1.82) is 0 Å². The number of hydrogen-bond acceptors (Lipinski definition) is 5. The molecule has 1 heterocycles. The van der Waals surface area contributed by atoms with Gasteiger partial charge in [0, 0.05) is 26.6 Å². The first kappa shape index (κ1) is 17.2. The summed E-state index contributed by atoms with van der Waals surface area (Å²) in [4.78, 5) is 34.9. The summed E-state index contributed by atoms with van der Waals surface area (Å²) < 4.78 is 9.80. The molecule has 2 unspecified atom stereocenters. The van der Waals surface area contributed by atoms with Crippen molar-refractivity contribution in [3.63, 3.8) is 0 Å². The van der Waals surface area contributed by atoms with Crippen LogP contribution in [0, 0.1) is 0 Å². The van der Waals surface area contributed by atoms with Crippen molar-refractivity contribution in [2.75, 3.05) is 27.2 Å². The normalized spacial score (nSPS) is 20.9. The molecule has 1 aliphatic heterocycles. The van der Waals surface area contributed by atoms with Crippen LogP contribution in [0.5, 0.6) is 0 Å². The lowest BCUT2D eigenvalue weighted by molar-refractivity contribution is -0.149. The Morgan fingerprint density at radius 2 is 2.10 bits per heavy atom. The van der Waals surface area contributed by atoms with E-state index in [1.807, 2.05) is 0 Å². The van der Waals surface area contributed by atoms with Crippen molar-refractivity contribution in [2.45, 2.75) is 37.9 Å². The predicted octanol–water partition coefficient (Wildman–Crippen LogP) is 0.213. The zero-order chi connectivity index (χ0) is 15.8. The second kappa shape index (κ2) is 8.46. The zero-order valence-corrected chi connectivity index (χ0v) is 12.3. The van der Waals surface area contributed by atoms with E-state index in [0.29, 0.717) is 25.8 Å². The average Bonchev–Trinajstić information content (AvgIpc) is 2.93. The van der Waals surface area contributed by atoms with Gasteiger partial charge in [0.05, 0.1) is 13.2 Å². The minimum Gasteiger partial charge on any atom is -0.479 e. The van der Waals surface area contributed by atoms with Crippen molar-refractivity contribution in [3.05, 3.63) is 0 Å². The Morgan fingerprint density at radius 1 is 1.38 bits per heavy atom. The molecule has 1 rings (SSSR count). The van der Waals surface area contributed by atoms with Crippen LogP contribution in [0.1, 0.15) is 25.7 Å². The van der Waals surface area contributed by atoms with Crippen molar-refractivity contribution >= 4 is 18.0 Å². The number of nitrogens with one attached hydrogen (secondary N) is 1. The highest BCUT2D eigenvalue weighted by Crippen LogP contribution is 2.19. The highest BCUT2D eigenvalue weighted by atomic mass is 16.5. The van der Waals surface area contributed by atoms with Gasteiger partial charge in [-0.15, -0.1) is 0 Å². The van der Waals surface area contributed by atoms with E-state index in [1.54, 1.807) is 7.05 Å². The van der Waals surface area contributed by atoms with Gasteiger partial charge in [0.15, 0.2) is 6.10 Å². The van der Waals surface area contributed by atoms with Gasteiger partial charge in [-0.2, -0.15) is 0 Å². The van der Waals surface area contributed by atoms with E-state index in [2.05, 4.69) is 10.1 Å². The van der Waals surface area contributed by atoms with Gasteiger partial charge in [0.2, 0.25) is 0 Å². The van der Waals surface area contributed by atoms with Gasteiger partial charge in [-0.1, -0.05) is 0 Å². The number of carboxylic acids is 1. The molecule has 0 aliphatic carbocycles. The number of carboxylic acid groups (broad SMARTS) is 1. The van der Waals surface area contributed by atoms with Crippen LogP contribution in [0.4, 0.5) is 4.79 Å². The smallest absolute Gasteiger partial charge is 0.332 e. The van der Waals surface area contributed by atoms with E-state index < -0.39 is 12.1 Å². The van der Waals surface area contributed by atoms with Crippen LogP contribution in [-0.2, 0) is 19.1 Å². The minimum absolute atomic E-state index is 0.264. The van der Waals surface area contributed by atoms with Gasteiger partial charge in [-0.05, 0) is 19.3 Å². The number of hydrogen-bond donors (Lipinski definition) is 2. The van der Waals surface area contributed by atoms with E-state index in [-0.39, 0.29) is 31.1 Å². The van der Waals surface area contributed by atoms with Gasteiger partial charge < -0.3 is 24.8 Å². The molecule has 2 amide bonds. The third-order valence-corrected chi connectivity index (χ3v) is 3.31. The van der Waals surface area contributed by atoms with Crippen LogP contribution in [0.15, 0.2) is 0 Å². The van der Waals surface area contributed by atoms with Crippen molar-refractivity contribution in [3.8, 4) is 0 Å². The summed E-state index contributed by atoms with van der Waals surface area (Å²) in [5, 5.41) is 11.5. The molecule has 8 heteroatoms. The molecule has 0 bridgehead atoms. The summed E-state index contributed by atoms with van der Waals surface area (Å²) in [6, 6.07) is -0.276. The Bertz CT molecular complexity index is 387. The largest absolute Gasteiger partial charge is 0.479 e. The van der Waals surface area contributed by atoms with E-state index in [9.17, 15) is 14.4 Å². The van der Waals surface area contributed by atoms with Crippen molar-refractivity contribution < 1.29 is 29.0 Å². The number of aliphatic carboxylic acids is 1. The molecule has 1 aliphatic rings. The molecule has 1 fully saturated rings. The van der Waals surface area contributed by atoms with E-state index >= 15 is 0 Å². The lowest BCUT2D eigenvalue weighted by atomic mass is 10.2. The first-order valence-electron chi connectivity index (χ1n) is 6.88. The van der Waals surface area contributed by atoms with Gasteiger partial charge in [-0.3, -0.25) is 4.79 Å². The summed E-state index contributed by atoms with van der Waals surface area (Å²) in [6.45, 7) is 0.716. The monoisotopic (exact) mass is 302 g/mol. The maximum atomic E-state index is 11.8. The zero-order valence-electron chi connectivity index (χ0n) is 12.3. The molecule has 0 aromatic carbocycles. The first-order chi connectivity index (χ1) is 9.93. The van der Waals surface area contributed by atoms with Gasteiger partial charge >= 0.3 is 18.0 Å². The Balaban J connectivity index is 2.18. The molecule has 0 aromatic rings. The summed E-state index contributed by atoms with van der Waals surface area (Å²) >= 11 is 0. The third kappa shape index (κ3) is 5.99. The van der Waals surface area contributed by atoms with E-state index in [0.717, 1.165) is 0 Å². The molecule has 1 saturated heterocycles. The number of nitrogens with zero attached hydrogens (tertiary/aromatic N) is 1. The molecule has 8 nitrogen and oxygen atoms in total. The quantitative estimate of drug-likeness (QED) is 0.651. The van der Waals surface area contributed by atoms with Crippen LogP contribution < -0.4 is 5.32 Å². The Morgan fingerprint density at radius 3 is 2.67 bits per heavy atom. The molecule has 0 aromatic heterocycles. The number of carbonyl (C=O) groups excluding carboxylic acids is 2. The number of ether oxygens (including phenoxy) is 2. The molecule has 0 saturated carbocycles. The molecule has 2 N–H and O–H groups in total. The fourth-order valence-electron chi connectivity index (χ4n) is 2.04. The summed E-state index contributed by atoms with van der Waals surface area (Å²) in [5.41, 5.74) is 0. The average molecular weight is 302 g/mol. The first-order valence-corrected chi connectivity index (χ1v) is 6.88. The lowest BCUT2D eigenvalue weighted by Gasteiger charge is -2.19. The molecule has 21 heavy (non-hydrogen) atoms. The highest BCUT2D eigenvalue weighted by molar-refractivity contribution is 5.74. The Labute approximate surface area is 123 Å². The number of amides is 2. The van der Waals surface area contributed by atoms with E-state index in [1.165, 1.54) is 12.0 Å². The fourth-order valence-corrected chi connectivity index (χ4v) is 2.04. The minimum atomic E-state index is -0.969. The Hall–Kier alpha value is -1.83. The highest BCUT2D eigenvalue weighted by Gasteiger charge is 2.30. The molecular formula is C13H22N2O6. The van der Waals surface area contributed by atoms with Crippen molar-refractivity contribution in [2.24, 2.45) is 0 Å². The Kier molecular flexibility index (Phi) is 6.93. The number of rotatable bonds is 7. The molecular weight excluding hydrogens is 280 g/mol. The molecule has 0 radical (unpaired) electrons. The molecule has 120 valence electrons. The van der Waals surface area contributed by atoms with Crippen LogP contribution >= 0.6 is 0 Å². The SMILES string of the molecule is COC(=O)CCCN(C)C(=O)NCC1CCC(C(=O)O)O1. The second-order valence-electron chi connectivity index (χ2n) is 4.95.